The zero-order valence-electron chi connectivity index (χ0n) is 23.5. The van der Waals surface area contributed by atoms with Crippen molar-refractivity contribution in [3.05, 3.63) is 58.7 Å². The van der Waals surface area contributed by atoms with Crippen molar-refractivity contribution in [2.45, 2.75) is 64.5 Å². The molecular weight excluding hydrogens is 490 g/mol. The molecule has 0 unspecified atom stereocenters. The van der Waals surface area contributed by atoms with Crippen LogP contribution in [-0.4, -0.2) is 63.8 Å². The van der Waals surface area contributed by atoms with E-state index in [4.69, 9.17) is 9.84 Å². The van der Waals surface area contributed by atoms with Gasteiger partial charge in [-0.1, -0.05) is 12.2 Å². The van der Waals surface area contributed by atoms with Gasteiger partial charge in [0.15, 0.2) is 5.82 Å². The molecule has 3 aliphatic heterocycles. The van der Waals surface area contributed by atoms with Crippen LogP contribution in [0.25, 0.3) is 5.57 Å². The number of allylic oxidation sites excluding steroid dienone is 5. The van der Waals surface area contributed by atoms with Gasteiger partial charge in [0.05, 0.1) is 18.8 Å². The summed E-state index contributed by atoms with van der Waals surface area (Å²) in [5.74, 6) is 1.70. The molecule has 0 spiro atoms. The van der Waals surface area contributed by atoms with Crippen LogP contribution < -0.4 is 10.2 Å². The first-order valence-corrected chi connectivity index (χ1v) is 14.5. The summed E-state index contributed by atoms with van der Waals surface area (Å²) >= 11 is 0. The highest BCUT2D eigenvalue weighted by Gasteiger charge is 2.34. The normalized spacial score (nSPS) is 21.2. The van der Waals surface area contributed by atoms with E-state index in [1.54, 1.807) is 7.05 Å². The van der Waals surface area contributed by atoms with E-state index in [2.05, 4.69) is 51.3 Å². The molecule has 0 atom stereocenters. The van der Waals surface area contributed by atoms with Gasteiger partial charge in [-0.25, -0.2) is 4.79 Å². The van der Waals surface area contributed by atoms with Gasteiger partial charge in [-0.2, -0.15) is 10.2 Å². The fourth-order valence-electron chi connectivity index (χ4n) is 6.11. The van der Waals surface area contributed by atoms with Gasteiger partial charge in [-0.05, 0) is 68.6 Å². The number of nitrogens with zero attached hydrogens (tertiary/aromatic N) is 6. The molecule has 0 aromatic carbocycles. The SMILES string of the molecule is CNC(=O)N1CCc2c(c(N3CCCC(/C=C(\C)c4cnn(C)c4)=C3/C=C/C3CC3)nn2C2CCOCC2)C1. The Hall–Kier alpha value is -3.33. The lowest BCUT2D eigenvalue weighted by Crippen LogP contribution is -2.42. The van der Waals surface area contributed by atoms with Gasteiger partial charge in [0.25, 0.3) is 0 Å². The number of aryl methyl sites for hydroxylation is 1. The van der Waals surface area contributed by atoms with E-state index in [1.807, 2.05) is 22.8 Å². The number of hydrogen-bond acceptors (Lipinski definition) is 5. The maximum Gasteiger partial charge on any atom is 0.317 e. The van der Waals surface area contributed by atoms with Crippen LogP contribution in [-0.2, 0) is 24.8 Å². The molecule has 2 fully saturated rings. The highest BCUT2D eigenvalue weighted by Crippen LogP contribution is 2.39. The summed E-state index contributed by atoms with van der Waals surface area (Å²) in [6.07, 6.45) is 18.5. The number of anilines is 1. The molecule has 0 bridgehead atoms. The second kappa shape index (κ2) is 11.0. The lowest BCUT2D eigenvalue weighted by molar-refractivity contribution is 0.0651. The van der Waals surface area contributed by atoms with Gasteiger partial charge in [0.1, 0.15) is 0 Å². The second-order valence-electron chi connectivity index (χ2n) is 11.4. The van der Waals surface area contributed by atoms with Crippen LogP contribution in [0, 0.1) is 5.92 Å². The van der Waals surface area contributed by atoms with Crippen LogP contribution in [0.15, 0.2) is 41.9 Å². The number of amides is 2. The summed E-state index contributed by atoms with van der Waals surface area (Å²) < 4.78 is 9.83. The topological polar surface area (TPSA) is 80.5 Å². The second-order valence-corrected chi connectivity index (χ2v) is 11.4. The average molecular weight is 532 g/mol. The van der Waals surface area contributed by atoms with Crippen molar-refractivity contribution >= 4 is 17.4 Å². The Labute approximate surface area is 231 Å². The number of aromatic nitrogens is 4. The average Bonchev–Trinajstić information content (AvgIpc) is 3.57. The van der Waals surface area contributed by atoms with Crippen LogP contribution in [0.5, 0.6) is 0 Å². The predicted octanol–water partition coefficient (Wildman–Crippen LogP) is 4.59. The Bertz CT molecular complexity index is 1310. The third-order valence-corrected chi connectivity index (χ3v) is 8.51. The molecule has 1 N–H and O–H groups in total. The van der Waals surface area contributed by atoms with E-state index in [1.165, 1.54) is 40.9 Å². The van der Waals surface area contributed by atoms with Gasteiger partial charge in [-0.15, -0.1) is 0 Å². The number of rotatable bonds is 6. The molecule has 2 aromatic heterocycles. The van der Waals surface area contributed by atoms with E-state index >= 15 is 0 Å². The summed E-state index contributed by atoms with van der Waals surface area (Å²) in [5.41, 5.74) is 7.44. The minimum absolute atomic E-state index is 0.0239. The highest BCUT2D eigenvalue weighted by molar-refractivity contribution is 5.75. The highest BCUT2D eigenvalue weighted by atomic mass is 16.5. The molecule has 1 saturated carbocycles. The monoisotopic (exact) mass is 531 g/mol. The van der Waals surface area contributed by atoms with Gasteiger partial charge < -0.3 is 19.9 Å². The molecule has 5 heterocycles. The first-order valence-electron chi connectivity index (χ1n) is 14.5. The van der Waals surface area contributed by atoms with Crippen LogP contribution in [0.1, 0.15) is 68.3 Å². The summed E-state index contributed by atoms with van der Waals surface area (Å²) in [4.78, 5) is 17.0. The quantitative estimate of drug-likeness (QED) is 0.590. The third-order valence-electron chi connectivity index (χ3n) is 8.51. The van der Waals surface area contributed by atoms with Crippen molar-refractivity contribution in [1.82, 2.24) is 29.8 Å². The first kappa shape index (κ1) is 25.9. The maximum atomic E-state index is 12.7. The van der Waals surface area contributed by atoms with Crippen molar-refractivity contribution < 1.29 is 9.53 Å². The third kappa shape index (κ3) is 5.41. The molecule has 2 aromatic rings. The smallest absolute Gasteiger partial charge is 0.317 e. The Morgan fingerprint density at radius 1 is 1.15 bits per heavy atom. The van der Waals surface area contributed by atoms with E-state index in [0.29, 0.717) is 25.0 Å². The van der Waals surface area contributed by atoms with Crippen LogP contribution in [0.4, 0.5) is 10.6 Å². The van der Waals surface area contributed by atoms with E-state index < -0.39 is 0 Å². The number of urea groups is 1. The van der Waals surface area contributed by atoms with Crippen LogP contribution >= 0.6 is 0 Å². The van der Waals surface area contributed by atoms with E-state index in [0.717, 1.165) is 63.2 Å². The summed E-state index contributed by atoms with van der Waals surface area (Å²) in [7, 11) is 3.67. The zero-order chi connectivity index (χ0) is 26.9. The van der Waals surface area contributed by atoms with Gasteiger partial charge in [0.2, 0.25) is 0 Å². The standard InChI is InChI=1S/C30H41N7O2/c1-21(24-18-32-34(3)19-24)17-23-5-4-13-36(27(23)9-8-22-6-7-22)29-26-20-35(30(38)31-2)14-10-28(26)37(33-29)25-11-15-39-16-12-25/h8-9,17-19,22,25H,4-7,10-16,20H2,1-3H3,(H,31,38)/b9-8+,21-17+. The van der Waals surface area contributed by atoms with Gasteiger partial charge in [-0.3, -0.25) is 9.36 Å². The number of fused-ring (bicyclic) bond motifs is 1. The molecule has 208 valence electrons. The zero-order valence-corrected chi connectivity index (χ0v) is 23.5. The molecule has 39 heavy (non-hydrogen) atoms. The predicted molar refractivity (Wildman–Crippen MR) is 152 cm³/mol. The lowest BCUT2D eigenvalue weighted by atomic mass is 9.96. The van der Waals surface area contributed by atoms with Crippen molar-refractivity contribution in [1.29, 1.82) is 0 Å². The van der Waals surface area contributed by atoms with Gasteiger partial charge >= 0.3 is 6.03 Å². The maximum absolute atomic E-state index is 12.7. The Morgan fingerprint density at radius 2 is 1.97 bits per heavy atom. The molecule has 2 amide bonds. The molecule has 4 aliphatic rings. The van der Waals surface area contributed by atoms with Crippen molar-refractivity contribution in [3.8, 4) is 0 Å². The number of nitrogens with one attached hydrogen (secondary N) is 1. The Balaban J connectivity index is 1.43. The molecule has 9 heteroatoms. The lowest BCUT2D eigenvalue weighted by Gasteiger charge is -2.33. The molecule has 1 saturated heterocycles. The van der Waals surface area contributed by atoms with E-state index in [9.17, 15) is 4.79 Å². The minimum atomic E-state index is -0.0239. The van der Waals surface area contributed by atoms with Crippen molar-refractivity contribution in [2.75, 3.05) is 38.3 Å². The van der Waals surface area contributed by atoms with E-state index in [-0.39, 0.29) is 6.03 Å². The molecular formula is C30H41N7O2. The molecule has 9 nitrogen and oxygen atoms in total. The molecule has 6 rings (SSSR count). The van der Waals surface area contributed by atoms with Crippen molar-refractivity contribution in [2.24, 2.45) is 13.0 Å². The summed E-state index contributed by atoms with van der Waals surface area (Å²) in [6, 6.07) is 0.323. The first-order chi connectivity index (χ1) is 19.0. The number of ether oxygens (including phenoxy) is 1. The number of carbonyl (C=O) groups is 1. The van der Waals surface area contributed by atoms with Crippen LogP contribution in [0.2, 0.25) is 0 Å². The Kier molecular flexibility index (Phi) is 7.34. The fraction of sp³-hybridized carbons (Fsp3) is 0.567. The van der Waals surface area contributed by atoms with Crippen molar-refractivity contribution in [3.63, 3.8) is 0 Å². The largest absolute Gasteiger partial charge is 0.381 e. The molecule has 0 radical (unpaired) electrons. The van der Waals surface area contributed by atoms with Gasteiger partial charge in [0, 0.05) is 75.5 Å². The number of hydrogen-bond donors (Lipinski definition) is 1. The summed E-state index contributed by atoms with van der Waals surface area (Å²) in [6.45, 7) is 5.95. The Morgan fingerprint density at radius 3 is 2.69 bits per heavy atom. The summed E-state index contributed by atoms with van der Waals surface area (Å²) in [5, 5.41) is 12.6. The fourth-order valence-corrected chi connectivity index (χ4v) is 6.11. The molecule has 1 aliphatic carbocycles. The van der Waals surface area contributed by atoms with Crippen LogP contribution in [0.3, 0.4) is 0 Å². The minimum Gasteiger partial charge on any atom is -0.381 e. The number of carbonyl (C=O) groups excluding carboxylic acids is 1.